The maximum Gasteiger partial charge on any atom is 0.234 e. The second-order valence-corrected chi connectivity index (χ2v) is 6.94. The van der Waals surface area contributed by atoms with Crippen molar-refractivity contribution in [2.75, 3.05) is 20.2 Å². The van der Waals surface area contributed by atoms with Crippen molar-refractivity contribution in [2.24, 2.45) is 5.92 Å². The summed E-state index contributed by atoms with van der Waals surface area (Å²) in [6, 6.07) is 4.17. The van der Waals surface area contributed by atoms with Crippen LogP contribution >= 0.6 is 23.2 Å². The SMILES string of the molecule is CC(=O)C(NC(=O)CN(C)C(CO)c1cccc(Cl)c1Cl)C(C)C. The molecule has 0 aliphatic carbocycles. The summed E-state index contributed by atoms with van der Waals surface area (Å²) in [6.45, 7) is 5.00. The first kappa shape index (κ1) is 20.9. The number of rotatable bonds is 8. The molecule has 1 amide bonds. The molecule has 0 radical (unpaired) electrons. The highest BCUT2D eigenvalue weighted by molar-refractivity contribution is 6.42. The molecule has 0 saturated heterocycles. The number of nitrogens with zero attached hydrogens (tertiary/aromatic N) is 1. The van der Waals surface area contributed by atoms with Gasteiger partial charge in [0.25, 0.3) is 0 Å². The summed E-state index contributed by atoms with van der Waals surface area (Å²) in [4.78, 5) is 25.5. The largest absolute Gasteiger partial charge is 0.394 e. The van der Waals surface area contributed by atoms with Crippen LogP contribution in [0.5, 0.6) is 0 Å². The molecule has 0 aliphatic heterocycles. The number of carbonyl (C=O) groups is 2. The summed E-state index contributed by atoms with van der Waals surface area (Å²) in [6.07, 6.45) is 0. The van der Waals surface area contributed by atoms with E-state index in [1.54, 1.807) is 30.1 Å². The van der Waals surface area contributed by atoms with Crippen molar-refractivity contribution in [3.05, 3.63) is 33.8 Å². The van der Waals surface area contributed by atoms with Gasteiger partial charge in [-0.15, -0.1) is 0 Å². The Hall–Kier alpha value is -1.14. The van der Waals surface area contributed by atoms with Gasteiger partial charge in [0.2, 0.25) is 5.91 Å². The van der Waals surface area contributed by atoms with Crippen LogP contribution in [0.4, 0.5) is 0 Å². The third kappa shape index (κ3) is 5.45. The van der Waals surface area contributed by atoms with Crippen LogP contribution in [-0.4, -0.2) is 47.9 Å². The fraction of sp³-hybridized carbons (Fsp3) is 0.529. The van der Waals surface area contributed by atoms with Gasteiger partial charge in [-0.2, -0.15) is 0 Å². The molecule has 0 bridgehead atoms. The van der Waals surface area contributed by atoms with Gasteiger partial charge in [-0.1, -0.05) is 49.2 Å². The first-order chi connectivity index (χ1) is 11.2. The quantitative estimate of drug-likeness (QED) is 0.733. The molecule has 134 valence electrons. The van der Waals surface area contributed by atoms with E-state index in [9.17, 15) is 14.7 Å². The van der Waals surface area contributed by atoms with E-state index >= 15 is 0 Å². The topological polar surface area (TPSA) is 69.6 Å². The van der Waals surface area contributed by atoms with Crippen LogP contribution in [0, 0.1) is 5.92 Å². The molecular formula is C17H24Cl2N2O3. The van der Waals surface area contributed by atoms with Crippen LogP contribution in [0.15, 0.2) is 18.2 Å². The standard InChI is InChI=1S/C17H24Cl2N2O3/c1-10(2)17(11(3)23)20-15(24)8-21(4)14(9-22)12-6-5-7-13(18)16(12)19/h5-7,10,14,17,22H,8-9H2,1-4H3,(H,20,24). The van der Waals surface area contributed by atoms with Crippen LogP contribution in [0.25, 0.3) is 0 Å². The van der Waals surface area contributed by atoms with E-state index < -0.39 is 12.1 Å². The Kier molecular flexibility index (Phi) is 8.16. The number of ketones is 1. The first-order valence-electron chi connectivity index (χ1n) is 7.73. The van der Waals surface area contributed by atoms with Crippen molar-refractivity contribution in [1.29, 1.82) is 0 Å². The third-order valence-electron chi connectivity index (χ3n) is 3.86. The molecule has 24 heavy (non-hydrogen) atoms. The molecule has 7 heteroatoms. The first-order valence-corrected chi connectivity index (χ1v) is 8.49. The minimum atomic E-state index is -0.520. The molecule has 0 fully saturated rings. The molecule has 0 saturated carbocycles. The number of benzene rings is 1. The number of likely N-dealkylation sites (N-methyl/N-ethyl adjacent to an activating group) is 1. The molecule has 0 aromatic heterocycles. The van der Waals surface area contributed by atoms with E-state index in [4.69, 9.17) is 23.2 Å². The van der Waals surface area contributed by atoms with Gasteiger partial charge in [0.15, 0.2) is 5.78 Å². The van der Waals surface area contributed by atoms with Crippen molar-refractivity contribution in [2.45, 2.75) is 32.9 Å². The van der Waals surface area contributed by atoms with Gasteiger partial charge in [-0.05, 0) is 31.5 Å². The van der Waals surface area contributed by atoms with Crippen LogP contribution in [0.3, 0.4) is 0 Å². The number of amides is 1. The Morgan fingerprint density at radius 2 is 1.92 bits per heavy atom. The van der Waals surface area contributed by atoms with Gasteiger partial charge < -0.3 is 10.4 Å². The summed E-state index contributed by atoms with van der Waals surface area (Å²) < 4.78 is 0. The summed E-state index contributed by atoms with van der Waals surface area (Å²) in [5.74, 6) is -0.367. The zero-order valence-electron chi connectivity index (χ0n) is 14.3. The average molecular weight is 375 g/mol. The van der Waals surface area contributed by atoms with Crippen molar-refractivity contribution in [1.82, 2.24) is 10.2 Å². The van der Waals surface area contributed by atoms with Gasteiger partial charge in [0.1, 0.15) is 0 Å². The second-order valence-electron chi connectivity index (χ2n) is 6.16. The van der Waals surface area contributed by atoms with Crippen molar-refractivity contribution < 1.29 is 14.7 Å². The summed E-state index contributed by atoms with van der Waals surface area (Å²) in [5.41, 5.74) is 0.647. The fourth-order valence-electron chi connectivity index (χ4n) is 2.55. The summed E-state index contributed by atoms with van der Waals surface area (Å²) in [5, 5.41) is 13.2. The lowest BCUT2D eigenvalue weighted by Crippen LogP contribution is -2.47. The van der Waals surface area contributed by atoms with Gasteiger partial charge in [0.05, 0.1) is 35.3 Å². The minimum Gasteiger partial charge on any atom is -0.394 e. The monoisotopic (exact) mass is 374 g/mol. The highest BCUT2D eigenvalue weighted by Gasteiger charge is 2.25. The number of Topliss-reactive ketones (excluding diaryl/α,β-unsaturated/α-hetero) is 1. The molecule has 1 aromatic carbocycles. The van der Waals surface area contributed by atoms with Crippen LogP contribution in [-0.2, 0) is 9.59 Å². The number of halogens is 2. The van der Waals surface area contributed by atoms with E-state index in [0.717, 1.165) is 0 Å². The molecule has 0 heterocycles. The van der Waals surface area contributed by atoms with Gasteiger partial charge in [0, 0.05) is 0 Å². The fourth-order valence-corrected chi connectivity index (χ4v) is 2.98. The smallest absolute Gasteiger partial charge is 0.234 e. The predicted octanol–water partition coefficient (Wildman–Crippen LogP) is 2.69. The molecule has 2 N–H and O–H groups in total. The normalized spacial score (nSPS) is 13.9. The lowest BCUT2D eigenvalue weighted by atomic mass is 10.0. The lowest BCUT2D eigenvalue weighted by Gasteiger charge is -2.28. The third-order valence-corrected chi connectivity index (χ3v) is 4.69. The van der Waals surface area contributed by atoms with E-state index in [-0.39, 0.29) is 30.8 Å². The molecule has 0 aliphatic rings. The van der Waals surface area contributed by atoms with Gasteiger partial charge in [-0.3, -0.25) is 14.5 Å². The Bertz CT molecular complexity index is 593. The number of aliphatic hydroxyl groups excluding tert-OH is 1. The van der Waals surface area contributed by atoms with Crippen molar-refractivity contribution >= 4 is 34.9 Å². The Balaban J connectivity index is 2.84. The second kappa shape index (κ2) is 9.37. The molecule has 1 rings (SSSR count). The molecular weight excluding hydrogens is 351 g/mol. The molecule has 1 aromatic rings. The highest BCUT2D eigenvalue weighted by Crippen LogP contribution is 2.32. The highest BCUT2D eigenvalue weighted by atomic mass is 35.5. The number of aliphatic hydroxyl groups is 1. The number of hydrogen-bond acceptors (Lipinski definition) is 4. The Labute approximate surface area is 152 Å². The maximum atomic E-state index is 12.2. The minimum absolute atomic E-state index is 0.00719. The molecule has 0 spiro atoms. The van der Waals surface area contributed by atoms with E-state index in [1.807, 2.05) is 13.8 Å². The summed E-state index contributed by atoms with van der Waals surface area (Å²) in [7, 11) is 1.70. The zero-order valence-corrected chi connectivity index (χ0v) is 15.9. The summed E-state index contributed by atoms with van der Waals surface area (Å²) >= 11 is 12.2. The Morgan fingerprint density at radius 3 is 2.42 bits per heavy atom. The number of nitrogens with one attached hydrogen (secondary N) is 1. The van der Waals surface area contributed by atoms with E-state index in [0.29, 0.717) is 15.6 Å². The molecule has 2 unspecified atom stereocenters. The van der Waals surface area contributed by atoms with Gasteiger partial charge >= 0.3 is 0 Å². The molecule has 2 atom stereocenters. The number of carbonyl (C=O) groups excluding carboxylic acids is 2. The zero-order chi connectivity index (χ0) is 18.4. The Morgan fingerprint density at radius 1 is 1.29 bits per heavy atom. The molecule has 5 nitrogen and oxygen atoms in total. The van der Waals surface area contributed by atoms with Crippen molar-refractivity contribution in [3.8, 4) is 0 Å². The maximum absolute atomic E-state index is 12.2. The van der Waals surface area contributed by atoms with Crippen LogP contribution in [0.2, 0.25) is 10.0 Å². The average Bonchev–Trinajstić information content (AvgIpc) is 2.49. The van der Waals surface area contributed by atoms with Crippen molar-refractivity contribution in [3.63, 3.8) is 0 Å². The van der Waals surface area contributed by atoms with Gasteiger partial charge in [-0.25, -0.2) is 0 Å². The van der Waals surface area contributed by atoms with Crippen LogP contribution < -0.4 is 5.32 Å². The number of hydrogen-bond donors (Lipinski definition) is 2. The lowest BCUT2D eigenvalue weighted by molar-refractivity contribution is -0.128. The van der Waals surface area contributed by atoms with E-state index in [1.165, 1.54) is 6.92 Å². The predicted molar refractivity (Wildman–Crippen MR) is 96.4 cm³/mol. The van der Waals surface area contributed by atoms with Crippen LogP contribution in [0.1, 0.15) is 32.4 Å². The van der Waals surface area contributed by atoms with E-state index in [2.05, 4.69) is 5.32 Å².